The van der Waals surface area contributed by atoms with E-state index in [1.165, 1.54) is 5.56 Å². The maximum Gasteiger partial charge on any atom is 0.256 e. The number of rotatable bonds is 2. The fourth-order valence-corrected chi connectivity index (χ4v) is 2.80. The van der Waals surface area contributed by atoms with Crippen LogP contribution in [0.5, 0.6) is 0 Å². The number of hydrogen-bond donors (Lipinski definition) is 2. The Kier molecular flexibility index (Phi) is 3.65. The molecule has 3 rings (SSSR count). The Labute approximate surface area is 125 Å². The molecule has 2 N–H and O–H groups in total. The molecule has 0 unspecified atom stereocenters. The highest BCUT2D eigenvalue weighted by Crippen LogP contribution is 2.26. The molecule has 0 bridgehead atoms. The Morgan fingerprint density at radius 3 is 2.81 bits per heavy atom. The van der Waals surface area contributed by atoms with Crippen molar-refractivity contribution in [3.63, 3.8) is 0 Å². The second kappa shape index (κ2) is 5.60. The van der Waals surface area contributed by atoms with Crippen LogP contribution in [0, 0.1) is 13.8 Å². The van der Waals surface area contributed by atoms with Crippen LogP contribution in [0.1, 0.15) is 33.5 Å². The normalized spacial score (nSPS) is 13.2. The fourth-order valence-electron chi connectivity index (χ4n) is 2.80. The van der Waals surface area contributed by atoms with Crippen molar-refractivity contribution in [2.24, 2.45) is 0 Å². The van der Waals surface area contributed by atoms with E-state index in [9.17, 15) is 4.79 Å². The zero-order valence-electron chi connectivity index (χ0n) is 12.5. The Balaban J connectivity index is 1.91. The predicted octanol–water partition coefficient (Wildman–Crippen LogP) is 3.91. The van der Waals surface area contributed by atoms with E-state index in [4.69, 9.17) is 0 Å². The number of aryl methyl sites for hydroxylation is 1. The average Bonchev–Trinajstić information content (AvgIpc) is 2.51. The second-order valence-electron chi connectivity index (χ2n) is 5.56. The Hall–Kier alpha value is -2.29. The predicted molar refractivity (Wildman–Crippen MR) is 87.1 cm³/mol. The smallest absolute Gasteiger partial charge is 0.256 e. The lowest BCUT2D eigenvalue weighted by Gasteiger charge is -2.21. The van der Waals surface area contributed by atoms with Crippen molar-refractivity contribution in [2.45, 2.75) is 26.7 Å². The first kappa shape index (κ1) is 13.7. The molecule has 108 valence electrons. The van der Waals surface area contributed by atoms with Gasteiger partial charge in [-0.2, -0.15) is 0 Å². The second-order valence-corrected chi connectivity index (χ2v) is 5.56. The summed E-state index contributed by atoms with van der Waals surface area (Å²) in [6.45, 7) is 5.07. The standard InChI is InChI=1S/C18H20N2O/c1-12-6-3-9-16(13(12)2)20-18(21)15-7-4-10-17-14(15)8-5-11-19-17/h3-4,6-7,9-10,19H,5,8,11H2,1-2H3,(H,20,21). The SMILES string of the molecule is Cc1cccc(NC(=O)c2cccc3c2CCCN3)c1C. The van der Waals surface area contributed by atoms with Crippen LogP contribution >= 0.6 is 0 Å². The summed E-state index contributed by atoms with van der Waals surface area (Å²) in [6.07, 6.45) is 2.03. The van der Waals surface area contributed by atoms with Crippen molar-refractivity contribution in [3.05, 3.63) is 58.7 Å². The minimum atomic E-state index is -0.0238. The van der Waals surface area contributed by atoms with E-state index in [0.717, 1.165) is 47.5 Å². The summed E-state index contributed by atoms with van der Waals surface area (Å²) in [5.41, 5.74) is 6.20. The summed E-state index contributed by atoms with van der Waals surface area (Å²) in [4.78, 5) is 12.6. The van der Waals surface area contributed by atoms with E-state index in [1.807, 2.05) is 37.3 Å². The minimum absolute atomic E-state index is 0.0238. The Bertz CT molecular complexity index is 692. The Morgan fingerprint density at radius 2 is 1.95 bits per heavy atom. The zero-order chi connectivity index (χ0) is 14.8. The molecule has 0 atom stereocenters. The van der Waals surface area contributed by atoms with Gasteiger partial charge in [0.15, 0.2) is 0 Å². The van der Waals surface area contributed by atoms with E-state index in [-0.39, 0.29) is 5.91 Å². The molecule has 0 radical (unpaired) electrons. The van der Waals surface area contributed by atoms with E-state index in [1.54, 1.807) is 0 Å². The van der Waals surface area contributed by atoms with Gasteiger partial charge in [-0.25, -0.2) is 0 Å². The molecule has 1 aliphatic heterocycles. The third kappa shape index (κ3) is 2.64. The minimum Gasteiger partial charge on any atom is -0.385 e. The van der Waals surface area contributed by atoms with Gasteiger partial charge < -0.3 is 10.6 Å². The van der Waals surface area contributed by atoms with Crippen molar-refractivity contribution in [3.8, 4) is 0 Å². The van der Waals surface area contributed by atoms with Crippen LogP contribution in [0.2, 0.25) is 0 Å². The Morgan fingerprint density at radius 1 is 1.14 bits per heavy atom. The molecular formula is C18H20N2O. The summed E-state index contributed by atoms with van der Waals surface area (Å²) < 4.78 is 0. The molecular weight excluding hydrogens is 260 g/mol. The lowest BCUT2D eigenvalue weighted by atomic mass is 9.97. The topological polar surface area (TPSA) is 41.1 Å². The molecule has 1 heterocycles. The average molecular weight is 280 g/mol. The van der Waals surface area contributed by atoms with E-state index >= 15 is 0 Å². The van der Waals surface area contributed by atoms with E-state index in [2.05, 4.69) is 23.6 Å². The number of nitrogens with one attached hydrogen (secondary N) is 2. The summed E-state index contributed by atoms with van der Waals surface area (Å²) in [5, 5.41) is 6.41. The molecule has 1 aliphatic rings. The maximum atomic E-state index is 12.6. The third-order valence-corrected chi connectivity index (χ3v) is 4.19. The van der Waals surface area contributed by atoms with Crippen molar-refractivity contribution >= 4 is 17.3 Å². The van der Waals surface area contributed by atoms with Gasteiger partial charge in [-0.15, -0.1) is 0 Å². The van der Waals surface area contributed by atoms with E-state index < -0.39 is 0 Å². The fraction of sp³-hybridized carbons (Fsp3) is 0.278. The van der Waals surface area contributed by atoms with Gasteiger partial charge >= 0.3 is 0 Å². The van der Waals surface area contributed by atoms with Crippen LogP contribution in [0.25, 0.3) is 0 Å². The number of benzene rings is 2. The molecule has 1 amide bonds. The number of anilines is 2. The highest BCUT2D eigenvalue weighted by Gasteiger charge is 2.17. The number of carbonyl (C=O) groups excluding carboxylic acids is 1. The number of fused-ring (bicyclic) bond motifs is 1. The van der Waals surface area contributed by atoms with Gasteiger partial charge in [-0.1, -0.05) is 18.2 Å². The van der Waals surface area contributed by atoms with Gasteiger partial charge in [0.2, 0.25) is 0 Å². The van der Waals surface area contributed by atoms with Crippen LogP contribution in [-0.2, 0) is 6.42 Å². The van der Waals surface area contributed by atoms with Gasteiger partial charge in [0.05, 0.1) is 0 Å². The van der Waals surface area contributed by atoms with Crippen LogP contribution in [-0.4, -0.2) is 12.5 Å². The lowest BCUT2D eigenvalue weighted by Crippen LogP contribution is -2.19. The summed E-state index contributed by atoms with van der Waals surface area (Å²) in [7, 11) is 0. The van der Waals surface area contributed by atoms with Gasteiger partial charge in [-0.05, 0) is 61.6 Å². The van der Waals surface area contributed by atoms with E-state index in [0.29, 0.717) is 0 Å². The highest BCUT2D eigenvalue weighted by molar-refractivity contribution is 6.06. The van der Waals surface area contributed by atoms with Gasteiger partial charge in [-0.3, -0.25) is 4.79 Å². The first-order chi connectivity index (χ1) is 10.2. The molecule has 0 saturated heterocycles. The van der Waals surface area contributed by atoms with Crippen LogP contribution in [0.3, 0.4) is 0 Å². The monoisotopic (exact) mass is 280 g/mol. The molecule has 2 aromatic rings. The molecule has 0 spiro atoms. The molecule has 0 aromatic heterocycles. The van der Waals surface area contributed by atoms with Gasteiger partial charge in [0, 0.05) is 23.5 Å². The molecule has 0 aliphatic carbocycles. The molecule has 3 heteroatoms. The first-order valence-electron chi connectivity index (χ1n) is 7.40. The summed E-state index contributed by atoms with van der Waals surface area (Å²) in [6, 6.07) is 11.9. The number of amides is 1. The third-order valence-electron chi connectivity index (χ3n) is 4.19. The largest absolute Gasteiger partial charge is 0.385 e. The van der Waals surface area contributed by atoms with Crippen molar-refractivity contribution in [1.29, 1.82) is 0 Å². The van der Waals surface area contributed by atoms with Crippen LogP contribution in [0.4, 0.5) is 11.4 Å². The number of carbonyl (C=O) groups is 1. The van der Waals surface area contributed by atoms with Crippen molar-refractivity contribution in [2.75, 3.05) is 17.2 Å². The number of hydrogen-bond acceptors (Lipinski definition) is 2. The molecule has 3 nitrogen and oxygen atoms in total. The highest BCUT2D eigenvalue weighted by atomic mass is 16.1. The molecule has 21 heavy (non-hydrogen) atoms. The van der Waals surface area contributed by atoms with Crippen LogP contribution in [0.15, 0.2) is 36.4 Å². The molecule has 2 aromatic carbocycles. The quantitative estimate of drug-likeness (QED) is 0.875. The van der Waals surface area contributed by atoms with Gasteiger partial charge in [0.1, 0.15) is 0 Å². The summed E-state index contributed by atoms with van der Waals surface area (Å²) in [5.74, 6) is -0.0238. The van der Waals surface area contributed by atoms with Crippen molar-refractivity contribution in [1.82, 2.24) is 0 Å². The van der Waals surface area contributed by atoms with Crippen LogP contribution < -0.4 is 10.6 Å². The lowest BCUT2D eigenvalue weighted by molar-refractivity contribution is 0.102. The maximum absolute atomic E-state index is 12.6. The van der Waals surface area contributed by atoms with Gasteiger partial charge in [0.25, 0.3) is 5.91 Å². The molecule has 0 fully saturated rings. The summed E-state index contributed by atoms with van der Waals surface area (Å²) >= 11 is 0. The molecule has 0 saturated carbocycles. The van der Waals surface area contributed by atoms with Crippen molar-refractivity contribution < 1.29 is 4.79 Å². The zero-order valence-corrected chi connectivity index (χ0v) is 12.5. The first-order valence-corrected chi connectivity index (χ1v) is 7.40.